The van der Waals surface area contributed by atoms with Crippen LogP contribution in [-0.2, 0) is 11.2 Å². The first-order chi connectivity index (χ1) is 12.6. The predicted octanol–water partition coefficient (Wildman–Crippen LogP) is 2.93. The number of carbonyl (C=O) groups excluding carboxylic acids is 1. The molecule has 0 spiro atoms. The monoisotopic (exact) mass is 353 g/mol. The van der Waals surface area contributed by atoms with Gasteiger partial charge in [0.1, 0.15) is 5.82 Å². The quantitative estimate of drug-likeness (QED) is 0.849. The molecule has 0 aromatic heterocycles. The first-order valence-electron chi connectivity index (χ1n) is 9.24. The van der Waals surface area contributed by atoms with Crippen LogP contribution >= 0.6 is 0 Å². The number of rotatable bonds is 3. The summed E-state index contributed by atoms with van der Waals surface area (Å²) in [6.45, 7) is 5.95. The van der Waals surface area contributed by atoms with Gasteiger partial charge in [0.15, 0.2) is 0 Å². The molecule has 0 unspecified atom stereocenters. The number of hydrogen-bond donors (Lipinski definition) is 0. The van der Waals surface area contributed by atoms with E-state index in [2.05, 4.69) is 22.8 Å². The molecule has 4 nitrogen and oxygen atoms in total. The summed E-state index contributed by atoms with van der Waals surface area (Å²) in [6, 6.07) is 15.0. The molecule has 1 saturated heterocycles. The van der Waals surface area contributed by atoms with Crippen LogP contribution in [0.3, 0.4) is 0 Å². The van der Waals surface area contributed by atoms with Crippen molar-refractivity contribution in [2.24, 2.45) is 0 Å². The fourth-order valence-electron chi connectivity index (χ4n) is 4.03. The Balaban J connectivity index is 1.36. The van der Waals surface area contributed by atoms with E-state index in [9.17, 15) is 9.18 Å². The maximum absolute atomic E-state index is 13.1. The van der Waals surface area contributed by atoms with Crippen molar-refractivity contribution in [1.82, 2.24) is 4.90 Å². The van der Waals surface area contributed by atoms with Gasteiger partial charge in [-0.1, -0.05) is 18.2 Å². The van der Waals surface area contributed by atoms with Crippen molar-refractivity contribution in [3.63, 3.8) is 0 Å². The average molecular weight is 353 g/mol. The zero-order chi connectivity index (χ0) is 18.1. The Kier molecular flexibility index (Phi) is 4.64. The molecule has 2 aliphatic rings. The van der Waals surface area contributed by atoms with E-state index in [1.807, 2.05) is 35.2 Å². The van der Waals surface area contributed by atoms with Gasteiger partial charge in [0, 0.05) is 43.6 Å². The van der Waals surface area contributed by atoms with Crippen molar-refractivity contribution in [3.05, 3.63) is 59.9 Å². The van der Waals surface area contributed by atoms with Gasteiger partial charge in [0.2, 0.25) is 5.91 Å². The molecule has 1 fully saturated rings. The molecule has 1 atom stereocenters. The van der Waals surface area contributed by atoms with Crippen LogP contribution in [0, 0.1) is 5.82 Å². The van der Waals surface area contributed by atoms with Crippen LogP contribution in [0.4, 0.5) is 15.8 Å². The zero-order valence-corrected chi connectivity index (χ0v) is 15.1. The van der Waals surface area contributed by atoms with Gasteiger partial charge in [0.25, 0.3) is 0 Å². The van der Waals surface area contributed by atoms with Crippen molar-refractivity contribution in [2.75, 3.05) is 42.5 Å². The first-order valence-corrected chi connectivity index (χ1v) is 9.24. The van der Waals surface area contributed by atoms with Gasteiger partial charge in [-0.3, -0.25) is 9.69 Å². The molecule has 136 valence electrons. The minimum Gasteiger partial charge on any atom is -0.369 e. The highest BCUT2D eigenvalue weighted by Crippen LogP contribution is 2.32. The third kappa shape index (κ3) is 3.31. The first kappa shape index (κ1) is 17.0. The fraction of sp³-hybridized carbons (Fsp3) is 0.381. The SMILES string of the molecule is C[C@H]1Cc2ccccc2N1C(=O)CN1CCN(c2ccc(F)cc2)CC1. The molecule has 0 radical (unpaired) electrons. The Labute approximate surface area is 153 Å². The number of nitrogens with zero attached hydrogens (tertiary/aromatic N) is 3. The molecule has 0 saturated carbocycles. The highest BCUT2D eigenvalue weighted by molar-refractivity contribution is 5.97. The van der Waals surface area contributed by atoms with E-state index >= 15 is 0 Å². The smallest absolute Gasteiger partial charge is 0.241 e. The number of hydrogen-bond acceptors (Lipinski definition) is 3. The van der Waals surface area contributed by atoms with Gasteiger partial charge in [-0.05, 0) is 49.2 Å². The molecule has 1 amide bonds. The average Bonchev–Trinajstić information content (AvgIpc) is 2.99. The molecule has 0 N–H and O–H groups in total. The normalized spacial score (nSPS) is 20.3. The minimum atomic E-state index is -0.210. The molecule has 2 aliphatic heterocycles. The molecular weight excluding hydrogens is 329 g/mol. The highest BCUT2D eigenvalue weighted by atomic mass is 19.1. The zero-order valence-electron chi connectivity index (χ0n) is 15.1. The Morgan fingerprint density at radius 2 is 1.73 bits per heavy atom. The number of piperazine rings is 1. The second kappa shape index (κ2) is 7.08. The van der Waals surface area contributed by atoms with E-state index < -0.39 is 0 Å². The largest absolute Gasteiger partial charge is 0.369 e. The Morgan fingerprint density at radius 1 is 1.04 bits per heavy atom. The van der Waals surface area contributed by atoms with E-state index in [0.717, 1.165) is 44.0 Å². The maximum Gasteiger partial charge on any atom is 0.241 e. The Hall–Kier alpha value is -2.40. The molecule has 5 heteroatoms. The maximum atomic E-state index is 13.1. The number of amides is 1. The van der Waals surface area contributed by atoms with E-state index in [1.54, 1.807) is 0 Å². The molecule has 4 rings (SSSR count). The molecule has 0 aliphatic carbocycles. The topological polar surface area (TPSA) is 26.8 Å². The second-order valence-corrected chi connectivity index (χ2v) is 7.19. The minimum absolute atomic E-state index is 0.178. The van der Waals surface area contributed by atoms with Gasteiger partial charge in [-0.25, -0.2) is 4.39 Å². The molecule has 2 aromatic rings. The van der Waals surface area contributed by atoms with Crippen LogP contribution < -0.4 is 9.80 Å². The van der Waals surface area contributed by atoms with Crippen LogP contribution in [-0.4, -0.2) is 49.6 Å². The number of carbonyl (C=O) groups is 1. The molecule has 0 bridgehead atoms. The van der Waals surface area contributed by atoms with Crippen molar-refractivity contribution in [3.8, 4) is 0 Å². The standard InChI is InChI=1S/C21H24FN3O/c1-16-14-17-4-2-3-5-20(17)25(16)21(26)15-23-10-12-24(13-11-23)19-8-6-18(22)7-9-19/h2-9,16H,10-15H2,1H3/t16-/m0/s1. The lowest BCUT2D eigenvalue weighted by Gasteiger charge is -2.36. The van der Waals surface area contributed by atoms with Crippen molar-refractivity contribution in [2.45, 2.75) is 19.4 Å². The van der Waals surface area contributed by atoms with Crippen LogP contribution in [0.1, 0.15) is 12.5 Å². The van der Waals surface area contributed by atoms with Crippen LogP contribution in [0.2, 0.25) is 0 Å². The summed E-state index contributed by atoms with van der Waals surface area (Å²) in [6.07, 6.45) is 0.931. The number of para-hydroxylation sites is 1. The van der Waals surface area contributed by atoms with E-state index in [-0.39, 0.29) is 17.8 Å². The second-order valence-electron chi connectivity index (χ2n) is 7.19. The molecule has 2 aromatic carbocycles. The fourth-order valence-corrected chi connectivity index (χ4v) is 4.03. The number of halogens is 1. The summed E-state index contributed by atoms with van der Waals surface area (Å²) in [5.41, 5.74) is 3.36. The number of benzene rings is 2. The predicted molar refractivity (Wildman–Crippen MR) is 102 cm³/mol. The van der Waals surface area contributed by atoms with Crippen molar-refractivity contribution >= 4 is 17.3 Å². The number of anilines is 2. The summed E-state index contributed by atoms with van der Waals surface area (Å²) in [7, 11) is 0. The van der Waals surface area contributed by atoms with Gasteiger partial charge in [-0.15, -0.1) is 0 Å². The highest BCUT2D eigenvalue weighted by Gasteiger charge is 2.31. The summed E-state index contributed by atoms with van der Waals surface area (Å²) in [5, 5.41) is 0. The summed E-state index contributed by atoms with van der Waals surface area (Å²) >= 11 is 0. The van der Waals surface area contributed by atoms with E-state index in [0.29, 0.717) is 6.54 Å². The van der Waals surface area contributed by atoms with Gasteiger partial charge in [0.05, 0.1) is 6.54 Å². The van der Waals surface area contributed by atoms with Gasteiger partial charge >= 0.3 is 0 Å². The number of fused-ring (bicyclic) bond motifs is 1. The third-order valence-electron chi connectivity index (χ3n) is 5.40. The van der Waals surface area contributed by atoms with Gasteiger partial charge in [-0.2, -0.15) is 0 Å². The lowest BCUT2D eigenvalue weighted by Crippen LogP contribution is -2.51. The van der Waals surface area contributed by atoms with Gasteiger partial charge < -0.3 is 9.80 Å². The Morgan fingerprint density at radius 3 is 2.46 bits per heavy atom. The third-order valence-corrected chi connectivity index (χ3v) is 5.40. The Bertz CT molecular complexity index is 784. The lowest BCUT2D eigenvalue weighted by atomic mass is 10.1. The van der Waals surface area contributed by atoms with Crippen molar-refractivity contribution < 1.29 is 9.18 Å². The van der Waals surface area contributed by atoms with Crippen LogP contribution in [0.25, 0.3) is 0 Å². The molecule has 2 heterocycles. The van der Waals surface area contributed by atoms with Crippen molar-refractivity contribution in [1.29, 1.82) is 0 Å². The molecular formula is C21H24FN3O. The molecule has 26 heavy (non-hydrogen) atoms. The van der Waals surface area contributed by atoms with Crippen LogP contribution in [0.15, 0.2) is 48.5 Å². The summed E-state index contributed by atoms with van der Waals surface area (Å²) in [5.74, 6) is -0.0318. The summed E-state index contributed by atoms with van der Waals surface area (Å²) in [4.78, 5) is 19.3. The summed E-state index contributed by atoms with van der Waals surface area (Å²) < 4.78 is 13.1. The van der Waals surface area contributed by atoms with E-state index in [4.69, 9.17) is 0 Å². The van der Waals surface area contributed by atoms with E-state index in [1.165, 1.54) is 17.7 Å². The lowest BCUT2D eigenvalue weighted by molar-refractivity contribution is -0.120. The van der Waals surface area contributed by atoms with Crippen LogP contribution in [0.5, 0.6) is 0 Å².